The van der Waals surface area contributed by atoms with Crippen molar-refractivity contribution < 1.29 is 19.5 Å². The van der Waals surface area contributed by atoms with Crippen molar-refractivity contribution in [2.24, 2.45) is 5.92 Å². The molecule has 1 heterocycles. The van der Waals surface area contributed by atoms with Crippen molar-refractivity contribution in [2.45, 2.75) is 30.2 Å². The molecule has 0 bridgehead atoms. The zero-order valence-corrected chi connectivity index (χ0v) is 25.4. The van der Waals surface area contributed by atoms with Crippen molar-refractivity contribution in [3.05, 3.63) is 92.9 Å². The first-order valence-electron chi connectivity index (χ1n) is 13.0. The number of rotatable bonds is 9. The number of piperidine rings is 1. The predicted molar refractivity (Wildman–Crippen MR) is 167 cm³/mol. The van der Waals surface area contributed by atoms with Gasteiger partial charge in [-0.2, -0.15) is 0 Å². The Bertz CT molecular complexity index is 1440. The van der Waals surface area contributed by atoms with E-state index >= 15 is 0 Å². The number of hydrogen-bond donors (Lipinski definition) is 2. The van der Waals surface area contributed by atoms with Crippen molar-refractivity contribution >= 4 is 70.4 Å². The SMILES string of the molecule is CSc1ccc(/C=C/C(=O)N2CCC(C(=O)N[C@@H](Cc3ccc(-c4ccc(Cl)cc4)cc3)C(=O)O)CC2)c(Cl)c1Cl. The number of carbonyl (C=O) groups is 3. The molecule has 1 aliphatic rings. The molecule has 0 aliphatic carbocycles. The van der Waals surface area contributed by atoms with Gasteiger partial charge in [0.1, 0.15) is 6.04 Å². The molecule has 0 spiro atoms. The van der Waals surface area contributed by atoms with Crippen LogP contribution < -0.4 is 5.32 Å². The minimum absolute atomic E-state index is 0.161. The van der Waals surface area contributed by atoms with Crippen molar-refractivity contribution in [3.8, 4) is 11.1 Å². The van der Waals surface area contributed by atoms with Gasteiger partial charge in [0.05, 0.1) is 10.0 Å². The maximum atomic E-state index is 12.9. The first-order chi connectivity index (χ1) is 19.7. The molecule has 4 rings (SSSR count). The van der Waals surface area contributed by atoms with Crippen LogP contribution in [0.5, 0.6) is 0 Å². The third-order valence-electron chi connectivity index (χ3n) is 7.07. The summed E-state index contributed by atoms with van der Waals surface area (Å²) in [6.45, 7) is 0.788. The summed E-state index contributed by atoms with van der Waals surface area (Å²) in [5.74, 6) is -1.96. The van der Waals surface area contributed by atoms with Gasteiger partial charge >= 0.3 is 5.97 Å². The van der Waals surface area contributed by atoms with E-state index in [1.807, 2.05) is 66.9 Å². The largest absolute Gasteiger partial charge is 0.480 e. The zero-order valence-electron chi connectivity index (χ0n) is 22.3. The van der Waals surface area contributed by atoms with Crippen LogP contribution in [0.25, 0.3) is 17.2 Å². The van der Waals surface area contributed by atoms with Crippen molar-refractivity contribution in [1.82, 2.24) is 10.2 Å². The first-order valence-corrected chi connectivity index (χ1v) is 15.4. The quantitative estimate of drug-likeness (QED) is 0.194. The van der Waals surface area contributed by atoms with Crippen LogP contribution in [0.3, 0.4) is 0 Å². The van der Waals surface area contributed by atoms with Crippen LogP contribution in [0, 0.1) is 5.92 Å². The molecule has 6 nitrogen and oxygen atoms in total. The Morgan fingerprint density at radius 3 is 2.15 bits per heavy atom. The summed E-state index contributed by atoms with van der Waals surface area (Å²) in [7, 11) is 0. The number of amides is 2. The molecule has 2 amide bonds. The highest BCUT2D eigenvalue weighted by Gasteiger charge is 2.29. The lowest BCUT2D eigenvalue weighted by molar-refractivity contribution is -0.142. The summed E-state index contributed by atoms with van der Waals surface area (Å²) >= 11 is 20.1. The third-order valence-corrected chi connectivity index (χ3v) is 9.11. The number of nitrogens with one attached hydrogen (secondary N) is 1. The second-order valence-electron chi connectivity index (χ2n) is 9.73. The average molecular weight is 632 g/mol. The summed E-state index contributed by atoms with van der Waals surface area (Å²) in [4.78, 5) is 40.2. The van der Waals surface area contributed by atoms with Crippen LogP contribution in [-0.2, 0) is 20.8 Å². The molecule has 1 atom stereocenters. The van der Waals surface area contributed by atoms with Crippen molar-refractivity contribution in [1.29, 1.82) is 0 Å². The lowest BCUT2D eigenvalue weighted by Crippen LogP contribution is -2.48. The molecule has 0 radical (unpaired) electrons. The standard InChI is InChI=1S/C31H29Cl3N2O4S/c1-41-26-12-8-22(28(33)29(26)34)9-13-27(37)36-16-14-23(15-17-36)30(38)35-25(31(39)40)18-19-2-4-20(5-3-19)21-6-10-24(32)11-7-21/h2-13,23,25H,14-18H2,1H3,(H,35,38)(H,39,40)/b13-9+/t25-/m0/s1. The van der Waals surface area contributed by atoms with Crippen molar-refractivity contribution in [3.63, 3.8) is 0 Å². The zero-order chi connectivity index (χ0) is 29.5. The Morgan fingerprint density at radius 1 is 0.951 bits per heavy atom. The van der Waals surface area contributed by atoms with E-state index in [1.165, 1.54) is 17.8 Å². The fourth-order valence-corrected chi connectivity index (χ4v) is 5.96. The Labute approximate surface area is 258 Å². The lowest BCUT2D eigenvalue weighted by Gasteiger charge is -2.31. The number of halogens is 3. The number of likely N-dealkylation sites (tertiary alicyclic amines) is 1. The highest BCUT2D eigenvalue weighted by molar-refractivity contribution is 7.98. The molecule has 1 fully saturated rings. The molecule has 214 valence electrons. The van der Waals surface area contributed by atoms with Crippen LogP contribution in [0.2, 0.25) is 15.1 Å². The molecule has 3 aromatic rings. The number of carbonyl (C=O) groups excluding carboxylic acids is 2. The highest BCUT2D eigenvalue weighted by atomic mass is 35.5. The van der Waals surface area contributed by atoms with E-state index in [4.69, 9.17) is 34.8 Å². The maximum absolute atomic E-state index is 12.9. The molecule has 0 unspecified atom stereocenters. The Morgan fingerprint density at radius 2 is 1.56 bits per heavy atom. The number of carboxylic acid groups (broad SMARTS) is 1. The monoisotopic (exact) mass is 630 g/mol. The van der Waals surface area contributed by atoms with Gasteiger partial charge in [-0.05, 0) is 65.6 Å². The van der Waals surface area contributed by atoms with Gasteiger partial charge in [0.15, 0.2) is 0 Å². The molecule has 41 heavy (non-hydrogen) atoms. The second-order valence-corrected chi connectivity index (χ2v) is 11.8. The van der Waals surface area contributed by atoms with Gasteiger partial charge in [-0.15, -0.1) is 11.8 Å². The molecule has 1 saturated heterocycles. The number of carboxylic acids is 1. The number of aliphatic carboxylic acids is 1. The van der Waals surface area contributed by atoms with Crippen molar-refractivity contribution in [2.75, 3.05) is 19.3 Å². The minimum atomic E-state index is -1.10. The van der Waals surface area contributed by atoms with Crippen LogP contribution in [-0.4, -0.2) is 53.2 Å². The van der Waals surface area contributed by atoms with E-state index in [0.29, 0.717) is 46.6 Å². The van der Waals surface area contributed by atoms with Gasteiger partial charge in [0.2, 0.25) is 11.8 Å². The highest BCUT2D eigenvalue weighted by Crippen LogP contribution is 2.35. The molecule has 10 heteroatoms. The van der Waals surface area contributed by atoms with Gasteiger partial charge in [-0.25, -0.2) is 4.79 Å². The van der Waals surface area contributed by atoms with E-state index in [2.05, 4.69) is 5.32 Å². The molecule has 2 N–H and O–H groups in total. The predicted octanol–water partition coefficient (Wildman–Crippen LogP) is 7.10. The topological polar surface area (TPSA) is 86.7 Å². The summed E-state index contributed by atoms with van der Waals surface area (Å²) in [6.07, 6.45) is 6.05. The third kappa shape index (κ3) is 8.07. The second kappa shape index (κ2) is 14.3. The van der Waals surface area contributed by atoms with Gasteiger partial charge < -0.3 is 15.3 Å². The molecule has 3 aromatic carbocycles. The Hall–Kier alpha value is -2.97. The average Bonchev–Trinajstić information content (AvgIpc) is 2.98. The Balaban J connectivity index is 1.29. The summed E-state index contributed by atoms with van der Waals surface area (Å²) in [5, 5.41) is 14.0. The molecule has 0 aromatic heterocycles. The maximum Gasteiger partial charge on any atom is 0.326 e. The summed E-state index contributed by atoms with van der Waals surface area (Å²) in [5.41, 5.74) is 3.43. The van der Waals surface area contributed by atoms with Crippen LogP contribution in [0.4, 0.5) is 0 Å². The fourth-order valence-electron chi connectivity index (χ4n) is 4.66. The van der Waals surface area contributed by atoms with E-state index in [0.717, 1.165) is 21.6 Å². The number of hydrogen-bond acceptors (Lipinski definition) is 4. The number of nitrogens with zero attached hydrogens (tertiary/aromatic N) is 1. The van der Waals surface area contributed by atoms with Gasteiger partial charge in [-0.1, -0.05) is 77.3 Å². The molecule has 1 aliphatic heterocycles. The number of thioether (sulfide) groups is 1. The van der Waals surface area contributed by atoms with E-state index in [-0.39, 0.29) is 24.2 Å². The van der Waals surface area contributed by atoms with E-state index in [9.17, 15) is 19.5 Å². The van der Waals surface area contributed by atoms with Crippen LogP contribution in [0.15, 0.2) is 71.6 Å². The van der Waals surface area contributed by atoms with Crippen LogP contribution in [0.1, 0.15) is 24.0 Å². The van der Waals surface area contributed by atoms with E-state index < -0.39 is 12.0 Å². The van der Waals surface area contributed by atoms with Crippen LogP contribution >= 0.6 is 46.6 Å². The minimum Gasteiger partial charge on any atom is -0.480 e. The fraction of sp³-hybridized carbons (Fsp3) is 0.258. The molecule has 0 saturated carbocycles. The number of benzene rings is 3. The van der Waals surface area contributed by atoms with Gasteiger partial charge in [0.25, 0.3) is 0 Å². The first kappa shape index (κ1) is 31.0. The lowest BCUT2D eigenvalue weighted by atomic mass is 9.94. The normalized spacial score (nSPS) is 14.7. The molecular weight excluding hydrogens is 603 g/mol. The smallest absolute Gasteiger partial charge is 0.326 e. The molecular formula is C31H29Cl3N2O4S. The summed E-state index contributed by atoms with van der Waals surface area (Å²) in [6, 6.07) is 17.6. The van der Waals surface area contributed by atoms with E-state index in [1.54, 1.807) is 11.0 Å². The Kier molecular flexibility index (Phi) is 10.8. The van der Waals surface area contributed by atoms with Gasteiger partial charge in [-0.3, -0.25) is 9.59 Å². The summed E-state index contributed by atoms with van der Waals surface area (Å²) < 4.78 is 0. The van der Waals surface area contributed by atoms with Gasteiger partial charge in [0, 0.05) is 41.4 Å².